The lowest BCUT2D eigenvalue weighted by atomic mass is 10.1. The number of carbonyl (C=O) groups is 3. The number of pyridine rings is 3. The summed E-state index contributed by atoms with van der Waals surface area (Å²) in [6, 6.07) is 37.7. The summed E-state index contributed by atoms with van der Waals surface area (Å²) in [6.07, 6.45) is 2.29. The van der Waals surface area contributed by atoms with Gasteiger partial charge in [-0.3, -0.25) is 19.3 Å². The van der Waals surface area contributed by atoms with E-state index in [0.29, 0.717) is 67.2 Å². The molecule has 1 unspecified atom stereocenters. The van der Waals surface area contributed by atoms with Crippen molar-refractivity contribution in [3.8, 4) is 0 Å². The van der Waals surface area contributed by atoms with Crippen molar-refractivity contribution in [2.45, 2.75) is 71.7 Å². The SMILES string of the molecule is CCOP(C)(=O)c1cc(C(=O)OCc2ccccc2)cc(CN2CCN(Cc3cc(C(=O)OCc4ccccc4)cc(P(C)(C)=O)n3)CCN(Cc3cc(C(=O)OCc4ccccc4)cc(P(C)(C)=O)n3)[C@@H](CCCCN)C2)n1. The second kappa shape index (κ2) is 28.4. The Labute approximate surface area is 464 Å². The van der Waals surface area contributed by atoms with E-state index >= 15 is 0 Å². The van der Waals surface area contributed by atoms with Gasteiger partial charge < -0.3 is 33.6 Å². The third-order valence-corrected chi connectivity index (χ3v) is 17.9. The summed E-state index contributed by atoms with van der Waals surface area (Å²) in [5.74, 6) is -1.73. The zero-order valence-electron chi connectivity index (χ0n) is 46.2. The van der Waals surface area contributed by atoms with Gasteiger partial charge in [0.1, 0.15) is 50.4 Å². The topological polar surface area (TPSA) is 214 Å². The van der Waals surface area contributed by atoms with Gasteiger partial charge in [-0.15, -0.1) is 0 Å². The van der Waals surface area contributed by atoms with Crippen molar-refractivity contribution in [1.82, 2.24) is 29.7 Å². The summed E-state index contributed by atoms with van der Waals surface area (Å²) >= 11 is 0. The van der Waals surface area contributed by atoms with E-state index in [2.05, 4.69) is 14.7 Å². The number of hydrogen-bond donors (Lipinski definition) is 1. The molecule has 420 valence electrons. The number of esters is 3. The zero-order chi connectivity index (χ0) is 56.6. The van der Waals surface area contributed by atoms with E-state index < -0.39 is 39.6 Å². The van der Waals surface area contributed by atoms with Crippen molar-refractivity contribution in [1.29, 1.82) is 0 Å². The molecule has 79 heavy (non-hydrogen) atoms. The molecule has 0 spiro atoms. The van der Waals surface area contributed by atoms with Gasteiger partial charge in [0.15, 0.2) is 0 Å². The summed E-state index contributed by atoms with van der Waals surface area (Å²) < 4.78 is 64.7. The molecule has 20 heteroatoms. The number of unbranched alkanes of at least 4 members (excludes halogenated alkanes) is 1. The Kier molecular flexibility index (Phi) is 21.8. The molecule has 2 atom stereocenters. The quantitative estimate of drug-likeness (QED) is 0.0261. The number of nitrogens with two attached hydrogens (primary N) is 1. The molecule has 0 bridgehead atoms. The van der Waals surface area contributed by atoms with Gasteiger partial charge >= 0.3 is 17.9 Å². The second-order valence-corrected chi connectivity index (χ2v) is 29.4. The van der Waals surface area contributed by atoms with Crippen LogP contribution in [-0.2, 0) is 71.9 Å². The molecule has 2 N–H and O–H groups in total. The first kappa shape index (κ1) is 60.6. The number of nitrogens with zero attached hydrogens (tertiary/aromatic N) is 6. The lowest BCUT2D eigenvalue weighted by Crippen LogP contribution is -2.45. The van der Waals surface area contributed by atoms with Crippen LogP contribution in [0.15, 0.2) is 127 Å². The normalized spacial score (nSPS) is 15.8. The fourth-order valence-corrected chi connectivity index (χ4v) is 12.1. The van der Waals surface area contributed by atoms with Crippen molar-refractivity contribution in [2.24, 2.45) is 5.73 Å². The van der Waals surface area contributed by atoms with Gasteiger partial charge in [0.2, 0.25) is 7.37 Å². The van der Waals surface area contributed by atoms with Crippen LogP contribution in [0.3, 0.4) is 0 Å². The highest BCUT2D eigenvalue weighted by Crippen LogP contribution is 2.41. The van der Waals surface area contributed by atoms with Crippen LogP contribution in [0.2, 0.25) is 0 Å². The lowest BCUT2D eigenvalue weighted by molar-refractivity contribution is 0.0463. The van der Waals surface area contributed by atoms with Gasteiger partial charge in [-0.05, 0) is 106 Å². The molecular formula is C59H74N7O10P3. The van der Waals surface area contributed by atoms with Crippen LogP contribution in [0, 0.1) is 0 Å². The highest BCUT2D eigenvalue weighted by Gasteiger charge is 2.30. The molecule has 3 aromatic heterocycles. The molecule has 7 rings (SSSR count). The molecule has 4 heterocycles. The Morgan fingerprint density at radius 1 is 0.532 bits per heavy atom. The van der Waals surface area contributed by atoms with E-state index in [1.807, 2.05) is 91.0 Å². The zero-order valence-corrected chi connectivity index (χ0v) is 48.9. The fraction of sp³-hybridized carbons (Fsp3) is 0.390. The molecule has 1 aliphatic rings. The van der Waals surface area contributed by atoms with Gasteiger partial charge in [-0.25, -0.2) is 29.3 Å². The maximum absolute atomic E-state index is 14.1. The highest BCUT2D eigenvalue weighted by atomic mass is 31.2. The average Bonchev–Trinajstić information content (AvgIpc) is 3.53. The lowest BCUT2D eigenvalue weighted by Gasteiger charge is -2.35. The Bertz CT molecular complexity index is 3160. The smallest absolute Gasteiger partial charge is 0.338 e. The van der Waals surface area contributed by atoms with Crippen LogP contribution in [0.25, 0.3) is 0 Å². The molecule has 0 radical (unpaired) electrons. The Morgan fingerprint density at radius 2 is 0.924 bits per heavy atom. The van der Waals surface area contributed by atoms with Crippen LogP contribution < -0.4 is 22.0 Å². The first-order chi connectivity index (χ1) is 37.8. The summed E-state index contributed by atoms with van der Waals surface area (Å²) in [7, 11) is -9.47. The molecular weight excluding hydrogens is 1060 g/mol. The molecule has 0 saturated carbocycles. The van der Waals surface area contributed by atoms with E-state index in [1.54, 1.807) is 63.9 Å². The van der Waals surface area contributed by atoms with Gasteiger partial charge in [-0.1, -0.05) is 97.4 Å². The maximum atomic E-state index is 14.1. The molecule has 6 aromatic rings. The minimum absolute atomic E-state index is 0.0363. The maximum Gasteiger partial charge on any atom is 0.338 e. The second-order valence-electron chi connectivity index (χ2n) is 20.7. The van der Waals surface area contributed by atoms with Crippen LogP contribution in [0.4, 0.5) is 0 Å². The largest absolute Gasteiger partial charge is 0.457 e. The summed E-state index contributed by atoms with van der Waals surface area (Å²) in [4.78, 5) is 62.9. The summed E-state index contributed by atoms with van der Waals surface area (Å²) in [5.41, 5.74) is 11.5. The standard InChI is InChI=1S/C59H74N7O10P3/c1-7-76-79(6,72)56-36-49(59(69)75-43-46-23-15-10-16-24-46)32-51(63-56)38-65-28-27-64(37-50-31-47(34-54(61-50)77(2,3)70)57(67)73-41-44-19-11-8-12-20-44)29-30-66(53(40-65)25-17-18-26-60)39-52-33-48(35-55(62-52)78(4,5)71)58(68)74-42-45-21-13-9-14-22-45/h8-16,19-24,31-36,53H,7,17-18,25-30,37-43,60H2,1-6H3/t53-,79?/m0/s1. The summed E-state index contributed by atoms with van der Waals surface area (Å²) in [5, 5.41) is 0. The van der Waals surface area contributed by atoms with E-state index in [0.717, 1.165) is 36.0 Å². The number of carbonyl (C=O) groups excluding carboxylic acids is 3. The van der Waals surface area contributed by atoms with E-state index in [1.165, 1.54) is 12.7 Å². The number of benzene rings is 3. The minimum atomic E-state index is -3.50. The van der Waals surface area contributed by atoms with E-state index in [9.17, 15) is 28.1 Å². The first-order valence-electron chi connectivity index (χ1n) is 26.6. The number of ether oxygens (including phenoxy) is 3. The Morgan fingerprint density at radius 3 is 1.35 bits per heavy atom. The first-order valence-corrected chi connectivity index (χ1v) is 33.9. The average molecular weight is 1130 g/mol. The molecule has 0 aliphatic carbocycles. The van der Waals surface area contributed by atoms with Crippen LogP contribution in [0.1, 0.15) is 91.0 Å². The van der Waals surface area contributed by atoms with Gasteiger partial charge in [0.05, 0.1) is 40.4 Å². The Hall–Kier alpha value is -5.99. The van der Waals surface area contributed by atoms with Gasteiger partial charge in [0.25, 0.3) is 0 Å². The van der Waals surface area contributed by atoms with Crippen LogP contribution in [0.5, 0.6) is 0 Å². The molecule has 1 saturated heterocycles. The van der Waals surface area contributed by atoms with Crippen LogP contribution >= 0.6 is 21.7 Å². The Balaban J connectivity index is 1.27. The number of aromatic nitrogens is 3. The van der Waals surface area contributed by atoms with Crippen molar-refractivity contribution in [3.63, 3.8) is 0 Å². The molecule has 1 fully saturated rings. The summed E-state index contributed by atoms with van der Waals surface area (Å²) in [6.45, 7) is 13.8. The fourth-order valence-electron chi connectivity index (χ4n) is 9.13. The number of rotatable bonds is 24. The predicted octanol–water partition coefficient (Wildman–Crippen LogP) is 8.33. The molecule has 17 nitrogen and oxygen atoms in total. The predicted molar refractivity (Wildman–Crippen MR) is 310 cm³/mol. The third kappa shape index (κ3) is 18.5. The van der Waals surface area contributed by atoms with Crippen molar-refractivity contribution < 1.29 is 46.8 Å². The number of hydrogen-bond acceptors (Lipinski definition) is 17. The minimum Gasteiger partial charge on any atom is -0.457 e. The van der Waals surface area contributed by atoms with Crippen molar-refractivity contribution in [2.75, 3.05) is 79.2 Å². The third-order valence-electron chi connectivity index (χ3n) is 13.4. The van der Waals surface area contributed by atoms with Crippen molar-refractivity contribution in [3.05, 3.63) is 178 Å². The highest BCUT2D eigenvalue weighted by molar-refractivity contribution is 7.70. The van der Waals surface area contributed by atoms with E-state index in [-0.39, 0.29) is 74.2 Å². The molecule has 3 aromatic carbocycles. The van der Waals surface area contributed by atoms with Crippen molar-refractivity contribution >= 4 is 55.9 Å². The monoisotopic (exact) mass is 1130 g/mol. The molecule has 1 aliphatic heterocycles. The van der Waals surface area contributed by atoms with E-state index in [4.69, 9.17) is 39.4 Å². The van der Waals surface area contributed by atoms with Crippen LogP contribution in [-0.4, -0.2) is 133 Å². The van der Waals surface area contributed by atoms with Gasteiger partial charge in [0, 0.05) is 65.1 Å². The molecule has 0 amide bonds. The van der Waals surface area contributed by atoms with Gasteiger partial charge in [-0.2, -0.15) is 0 Å².